The summed E-state index contributed by atoms with van der Waals surface area (Å²) >= 11 is 0. The number of pyridine rings is 1. The molecule has 1 aliphatic carbocycles. The zero-order valence-corrected chi connectivity index (χ0v) is 19.7. The summed E-state index contributed by atoms with van der Waals surface area (Å²) in [4.78, 5) is 33.4. The largest absolute Gasteiger partial charge is 0.382 e. The molecule has 2 fully saturated rings. The van der Waals surface area contributed by atoms with E-state index in [-0.39, 0.29) is 18.1 Å². The molecule has 2 aliphatic heterocycles. The lowest BCUT2D eigenvalue weighted by molar-refractivity contribution is 0.102. The van der Waals surface area contributed by atoms with Gasteiger partial charge in [-0.3, -0.25) is 19.1 Å². The summed E-state index contributed by atoms with van der Waals surface area (Å²) in [5.41, 5.74) is 10.6. The Hall–Kier alpha value is -4.11. The van der Waals surface area contributed by atoms with Gasteiger partial charge in [-0.05, 0) is 61.4 Å². The fourth-order valence-electron chi connectivity index (χ4n) is 5.27. The van der Waals surface area contributed by atoms with Gasteiger partial charge in [0.1, 0.15) is 34.8 Å². The van der Waals surface area contributed by atoms with E-state index < -0.39 is 0 Å². The molecule has 180 valence electrons. The van der Waals surface area contributed by atoms with Crippen LogP contribution in [0, 0.1) is 0 Å². The first-order valence-corrected chi connectivity index (χ1v) is 12.4. The zero-order chi connectivity index (χ0) is 24.2. The molecule has 9 nitrogen and oxygen atoms in total. The van der Waals surface area contributed by atoms with E-state index in [1.807, 2.05) is 48.8 Å². The highest BCUT2D eigenvalue weighted by atomic mass is 16.1. The summed E-state index contributed by atoms with van der Waals surface area (Å²) in [6.45, 7) is 1.00. The van der Waals surface area contributed by atoms with Gasteiger partial charge in [0.05, 0.1) is 6.04 Å². The van der Waals surface area contributed by atoms with E-state index in [0.29, 0.717) is 23.1 Å². The van der Waals surface area contributed by atoms with Crippen molar-refractivity contribution in [3.8, 4) is 11.3 Å². The van der Waals surface area contributed by atoms with Crippen molar-refractivity contribution < 1.29 is 4.79 Å². The van der Waals surface area contributed by atoms with Gasteiger partial charge in [-0.1, -0.05) is 12.1 Å². The van der Waals surface area contributed by atoms with E-state index in [0.717, 1.165) is 42.0 Å². The molecule has 9 heteroatoms. The number of amides is 1. The van der Waals surface area contributed by atoms with Crippen molar-refractivity contribution in [3.63, 3.8) is 0 Å². The second kappa shape index (κ2) is 8.23. The second-order valence-corrected chi connectivity index (χ2v) is 9.74. The number of carbonyl (C=O) groups excluding carboxylic acids is 1. The van der Waals surface area contributed by atoms with E-state index in [1.165, 1.54) is 18.4 Å². The molecule has 2 atom stereocenters. The van der Waals surface area contributed by atoms with Crippen molar-refractivity contribution in [2.24, 2.45) is 4.99 Å². The third-order valence-electron chi connectivity index (χ3n) is 7.32. The Labute approximate surface area is 208 Å². The minimum Gasteiger partial charge on any atom is -0.382 e. The van der Waals surface area contributed by atoms with Crippen LogP contribution >= 0.6 is 0 Å². The van der Waals surface area contributed by atoms with E-state index in [1.54, 1.807) is 12.4 Å². The second-order valence-electron chi connectivity index (χ2n) is 9.74. The van der Waals surface area contributed by atoms with Crippen molar-refractivity contribution in [1.29, 1.82) is 0 Å². The number of hydrogen-bond acceptors (Lipinski definition) is 7. The zero-order valence-electron chi connectivity index (χ0n) is 19.7. The van der Waals surface area contributed by atoms with Crippen LogP contribution in [0.4, 0.5) is 11.6 Å². The van der Waals surface area contributed by atoms with Crippen molar-refractivity contribution >= 4 is 29.3 Å². The molecule has 1 saturated heterocycles. The van der Waals surface area contributed by atoms with Crippen molar-refractivity contribution in [2.45, 2.75) is 43.8 Å². The number of nitrogens with zero attached hydrogens (tertiary/aromatic N) is 6. The number of nitrogen functional groups attached to an aromatic ring is 1. The molecule has 1 unspecified atom stereocenters. The minimum atomic E-state index is -0.190. The molecule has 3 N–H and O–H groups in total. The Morgan fingerprint density at radius 1 is 1.06 bits per heavy atom. The predicted molar refractivity (Wildman–Crippen MR) is 138 cm³/mol. The van der Waals surface area contributed by atoms with Crippen molar-refractivity contribution in [3.05, 3.63) is 71.9 Å². The van der Waals surface area contributed by atoms with Gasteiger partial charge in [0.15, 0.2) is 0 Å². The fourth-order valence-corrected chi connectivity index (χ4v) is 5.27. The number of likely N-dealkylation sites (tertiary alicyclic amines) is 1. The molecule has 1 amide bonds. The lowest BCUT2D eigenvalue weighted by Crippen LogP contribution is -2.28. The van der Waals surface area contributed by atoms with Gasteiger partial charge in [-0.25, -0.2) is 15.0 Å². The summed E-state index contributed by atoms with van der Waals surface area (Å²) in [7, 11) is 0. The van der Waals surface area contributed by atoms with Crippen LogP contribution in [-0.2, 0) is 0 Å². The van der Waals surface area contributed by atoms with Crippen LogP contribution in [0.3, 0.4) is 0 Å². The summed E-state index contributed by atoms with van der Waals surface area (Å²) in [6.07, 6.45) is 12.1. The van der Waals surface area contributed by atoms with Crippen LogP contribution in [0.1, 0.15) is 59.4 Å². The fraction of sp³-hybridized carbons (Fsp3) is 0.296. The lowest BCUT2D eigenvalue weighted by Gasteiger charge is -2.21. The molecule has 7 rings (SSSR count). The van der Waals surface area contributed by atoms with E-state index >= 15 is 0 Å². The molecule has 5 heterocycles. The molecule has 3 aromatic heterocycles. The molecule has 36 heavy (non-hydrogen) atoms. The van der Waals surface area contributed by atoms with Crippen LogP contribution in [0.15, 0.2) is 60.0 Å². The number of hydrogen-bond donors (Lipinski definition) is 2. The van der Waals surface area contributed by atoms with Crippen LogP contribution in [0.25, 0.3) is 16.8 Å². The van der Waals surface area contributed by atoms with Gasteiger partial charge >= 0.3 is 0 Å². The molecule has 0 radical (unpaired) electrons. The molecule has 0 bridgehead atoms. The Morgan fingerprint density at radius 2 is 1.89 bits per heavy atom. The number of fused-ring (bicyclic) bond motifs is 1. The Balaban J connectivity index is 1.19. The standard InChI is InChI=1S/C27H26N8O/c28-25-24-23(33-26(35(24)13-11-30-25)20-2-1-12-34(20)22-15-31-22)17-5-7-18(8-6-17)27(36)32-21-14-19(9-10-29-21)16-3-4-16/h5-11,13-16,20,22H,1-4,12H2,(H2,28,30)(H,29,32,36)/t20-,22?/m0/s1. The average Bonchev–Trinajstić information content (AvgIpc) is 3.83. The van der Waals surface area contributed by atoms with Gasteiger partial charge in [-0.2, -0.15) is 0 Å². The van der Waals surface area contributed by atoms with Crippen molar-refractivity contribution in [1.82, 2.24) is 24.3 Å². The predicted octanol–water partition coefficient (Wildman–Crippen LogP) is 4.05. The first-order chi connectivity index (χ1) is 17.7. The maximum atomic E-state index is 12.9. The Bertz CT molecular complexity index is 1500. The highest BCUT2D eigenvalue weighted by molar-refractivity contribution is 6.04. The number of carbonyl (C=O) groups is 1. The average molecular weight is 479 g/mol. The number of aliphatic imine (C=N–C) groups is 1. The quantitative estimate of drug-likeness (QED) is 0.432. The smallest absolute Gasteiger partial charge is 0.256 e. The minimum absolute atomic E-state index is 0.171. The third-order valence-corrected chi connectivity index (χ3v) is 7.32. The topological polar surface area (TPSA) is 114 Å². The summed E-state index contributed by atoms with van der Waals surface area (Å²) in [5, 5.41) is 2.92. The number of benzene rings is 1. The maximum Gasteiger partial charge on any atom is 0.256 e. The number of rotatable bonds is 6. The van der Waals surface area contributed by atoms with Gasteiger partial charge in [0, 0.05) is 42.5 Å². The third kappa shape index (κ3) is 3.72. The molecule has 1 saturated carbocycles. The van der Waals surface area contributed by atoms with Crippen LogP contribution in [-0.4, -0.2) is 49.1 Å². The van der Waals surface area contributed by atoms with Crippen molar-refractivity contribution in [2.75, 3.05) is 17.6 Å². The van der Waals surface area contributed by atoms with Crippen LogP contribution < -0.4 is 11.1 Å². The van der Waals surface area contributed by atoms with E-state index in [9.17, 15) is 4.79 Å². The van der Waals surface area contributed by atoms with Crippen LogP contribution in [0.5, 0.6) is 0 Å². The number of nitrogens with one attached hydrogen (secondary N) is 1. The van der Waals surface area contributed by atoms with Gasteiger partial charge in [-0.15, -0.1) is 0 Å². The van der Waals surface area contributed by atoms with E-state index in [2.05, 4.69) is 29.6 Å². The normalized spacial score (nSPS) is 21.2. The molecule has 1 aromatic carbocycles. The number of aromatic nitrogens is 4. The van der Waals surface area contributed by atoms with Gasteiger partial charge in [0.2, 0.25) is 0 Å². The SMILES string of the molecule is Nc1nccn2c([C@@H]3CCCN3C3C=N3)nc(-c3ccc(C(=O)Nc4cc(C5CC5)ccn4)cc3)c12. The first kappa shape index (κ1) is 21.2. The summed E-state index contributed by atoms with van der Waals surface area (Å²) < 4.78 is 2.06. The van der Waals surface area contributed by atoms with Gasteiger partial charge < -0.3 is 11.1 Å². The first-order valence-electron chi connectivity index (χ1n) is 12.4. The summed E-state index contributed by atoms with van der Waals surface area (Å²) in [6, 6.07) is 11.6. The Kier molecular flexibility index (Phi) is 4.85. The van der Waals surface area contributed by atoms with Crippen LogP contribution in [0.2, 0.25) is 0 Å². The van der Waals surface area contributed by atoms with Gasteiger partial charge in [0.25, 0.3) is 5.91 Å². The molecule has 3 aliphatic rings. The molecular weight excluding hydrogens is 452 g/mol. The number of nitrogens with two attached hydrogens (primary N) is 1. The number of anilines is 2. The molecule has 0 spiro atoms. The maximum absolute atomic E-state index is 12.9. The molecular formula is C27H26N8O. The van der Waals surface area contributed by atoms with E-state index in [4.69, 9.17) is 10.7 Å². The lowest BCUT2D eigenvalue weighted by atomic mass is 10.1. The highest BCUT2D eigenvalue weighted by Gasteiger charge is 2.37. The number of imidazole rings is 1. The highest BCUT2D eigenvalue weighted by Crippen LogP contribution is 2.40. The Morgan fingerprint density at radius 3 is 2.67 bits per heavy atom. The molecule has 4 aromatic rings. The summed E-state index contributed by atoms with van der Waals surface area (Å²) in [5.74, 6) is 2.38. The monoisotopic (exact) mass is 478 g/mol.